The van der Waals surface area contributed by atoms with Crippen molar-refractivity contribution in [2.75, 3.05) is 0 Å². The van der Waals surface area contributed by atoms with Crippen LogP contribution in [0, 0.1) is 5.92 Å². The van der Waals surface area contributed by atoms with Crippen molar-refractivity contribution < 1.29 is 23.5 Å². The van der Waals surface area contributed by atoms with Crippen molar-refractivity contribution in [2.45, 2.75) is 32.9 Å². The zero-order chi connectivity index (χ0) is 20.5. The standard InChI is InChI=1S/C19H24N4O5/c1-3-12(2)16(21-19(20)26)18(25)23-22-17(24)15-10-9-14(28-15)11-27-13-7-5-4-6-8-13/h4-10,12,16H,3,11H2,1-2H3,(H,22,24)(H,23,25)(H3,20,21,26)/t12-,16-/m0/s1. The summed E-state index contributed by atoms with van der Waals surface area (Å²) in [7, 11) is 0. The minimum Gasteiger partial charge on any atom is -0.486 e. The zero-order valence-corrected chi connectivity index (χ0v) is 15.7. The molecule has 0 radical (unpaired) electrons. The van der Waals surface area contributed by atoms with Gasteiger partial charge in [0.1, 0.15) is 24.2 Å². The van der Waals surface area contributed by atoms with Gasteiger partial charge in [0, 0.05) is 0 Å². The molecule has 2 rings (SSSR count). The first-order valence-corrected chi connectivity index (χ1v) is 8.83. The highest BCUT2D eigenvalue weighted by Crippen LogP contribution is 2.14. The van der Waals surface area contributed by atoms with Gasteiger partial charge in [0.2, 0.25) is 0 Å². The Morgan fingerprint density at radius 3 is 2.46 bits per heavy atom. The molecule has 9 heteroatoms. The lowest BCUT2D eigenvalue weighted by Gasteiger charge is -2.22. The second-order valence-corrected chi connectivity index (χ2v) is 6.18. The van der Waals surface area contributed by atoms with E-state index in [1.54, 1.807) is 25.1 Å². The Balaban J connectivity index is 1.87. The predicted molar refractivity (Wildman–Crippen MR) is 101 cm³/mol. The summed E-state index contributed by atoms with van der Waals surface area (Å²) in [6.45, 7) is 3.81. The van der Waals surface area contributed by atoms with Gasteiger partial charge >= 0.3 is 11.9 Å². The number of nitrogens with one attached hydrogen (secondary N) is 3. The first-order valence-electron chi connectivity index (χ1n) is 8.83. The molecular weight excluding hydrogens is 364 g/mol. The number of nitrogens with two attached hydrogens (primary N) is 1. The van der Waals surface area contributed by atoms with Crippen molar-refractivity contribution in [3.63, 3.8) is 0 Å². The van der Waals surface area contributed by atoms with Gasteiger partial charge in [0.05, 0.1) is 0 Å². The molecule has 0 aliphatic carbocycles. The minimum absolute atomic E-state index is 0.00918. The first kappa shape index (κ1) is 20.8. The lowest BCUT2D eigenvalue weighted by atomic mass is 9.99. The zero-order valence-electron chi connectivity index (χ0n) is 15.7. The second kappa shape index (κ2) is 10.0. The van der Waals surface area contributed by atoms with E-state index in [4.69, 9.17) is 14.9 Å². The highest BCUT2D eigenvalue weighted by Gasteiger charge is 2.25. The van der Waals surface area contributed by atoms with Crippen LogP contribution in [0.1, 0.15) is 36.6 Å². The van der Waals surface area contributed by atoms with Gasteiger partial charge < -0.3 is 20.2 Å². The molecule has 0 unspecified atom stereocenters. The quantitative estimate of drug-likeness (QED) is 0.510. The Morgan fingerprint density at radius 2 is 1.82 bits per heavy atom. The van der Waals surface area contributed by atoms with E-state index >= 15 is 0 Å². The third-order valence-electron chi connectivity index (χ3n) is 4.10. The molecule has 1 aromatic carbocycles. The van der Waals surface area contributed by atoms with Crippen LogP contribution >= 0.6 is 0 Å². The van der Waals surface area contributed by atoms with Gasteiger partial charge in [-0.2, -0.15) is 0 Å². The Bertz CT molecular complexity index is 806. The van der Waals surface area contributed by atoms with Gasteiger partial charge in [-0.3, -0.25) is 20.4 Å². The summed E-state index contributed by atoms with van der Waals surface area (Å²) >= 11 is 0. The van der Waals surface area contributed by atoms with Crippen LogP contribution in [0.25, 0.3) is 0 Å². The van der Waals surface area contributed by atoms with Crippen molar-refractivity contribution in [1.82, 2.24) is 16.2 Å². The van der Waals surface area contributed by atoms with Crippen molar-refractivity contribution in [3.8, 4) is 5.75 Å². The smallest absolute Gasteiger partial charge is 0.312 e. The van der Waals surface area contributed by atoms with Crippen molar-refractivity contribution in [2.24, 2.45) is 11.7 Å². The summed E-state index contributed by atoms with van der Waals surface area (Å²) in [5.41, 5.74) is 9.62. The van der Waals surface area contributed by atoms with Crippen molar-refractivity contribution in [1.29, 1.82) is 0 Å². The van der Waals surface area contributed by atoms with Crippen LogP contribution in [0.15, 0.2) is 46.9 Å². The molecule has 0 saturated carbocycles. The monoisotopic (exact) mass is 388 g/mol. The summed E-state index contributed by atoms with van der Waals surface area (Å²) in [5.74, 6) is -0.255. The number of rotatable bonds is 8. The van der Waals surface area contributed by atoms with Crippen LogP contribution < -0.4 is 26.6 Å². The molecule has 0 spiro atoms. The Labute approximate surface area is 162 Å². The van der Waals surface area contributed by atoms with Gasteiger partial charge in [-0.05, 0) is 30.2 Å². The van der Waals surface area contributed by atoms with Crippen LogP contribution in [0.5, 0.6) is 5.75 Å². The van der Waals surface area contributed by atoms with Gasteiger partial charge in [-0.25, -0.2) is 4.79 Å². The fraction of sp³-hybridized carbons (Fsp3) is 0.316. The lowest BCUT2D eigenvalue weighted by molar-refractivity contribution is -0.124. The summed E-state index contributed by atoms with van der Waals surface area (Å²) in [6, 6.07) is 10.6. The maximum atomic E-state index is 12.2. The number of carbonyl (C=O) groups is 3. The molecule has 1 heterocycles. The van der Waals surface area contributed by atoms with Gasteiger partial charge in [-0.15, -0.1) is 0 Å². The van der Waals surface area contributed by atoms with E-state index in [2.05, 4.69) is 16.2 Å². The van der Waals surface area contributed by atoms with Crippen LogP contribution in [-0.2, 0) is 11.4 Å². The fourth-order valence-corrected chi connectivity index (χ4v) is 2.36. The Kier molecular flexibility index (Phi) is 7.44. The van der Waals surface area contributed by atoms with Gasteiger partial charge in [0.15, 0.2) is 5.76 Å². The predicted octanol–water partition coefficient (Wildman–Crippen LogP) is 1.70. The molecule has 9 nitrogen and oxygen atoms in total. The molecule has 0 aliphatic rings. The average molecular weight is 388 g/mol. The molecule has 5 N–H and O–H groups in total. The molecule has 28 heavy (non-hydrogen) atoms. The molecule has 4 amide bonds. The molecule has 0 aliphatic heterocycles. The summed E-state index contributed by atoms with van der Waals surface area (Å²) in [5, 5.41) is 2.37. The summed E-state index contributed by atoms with van der Waals surface area (Å²) in [6.07, 6.45) is 0.634. The number of amides is 4. The number of carbonyl (C=O) groups excluding carboxylic acids is 3. The van der Waals surface area contributed by atoms with E-state index < -0.39 is 23.9 Å². The number of ether oxygens (including phenoxy) is 1. The third-order valence-corrected chi connectivity index (χ3v) is 4.10. The molecule has 0 saturated heterocycles. The molecule has 0 fully saturated rings. The van der Waals surface area contributed by atoms with Crippen LogP contribution in [0.4, 0.5) is 4.79 Å². The maximum Gasteiger partial charge on any atom is 0.312 e. The highest BCUT2D eigenvalue weighted by molar-refractivity contribution is 5.94. The number of urea groups is 1. The van der Waals surface area contributed by atoms with Crippen molar-refractivity contribution in [3.05, 3.63) is 54.0 Å². The number of hydrazine groups is 1. The molecule has 1 aromatic heterocycles. The van der Waals surface area contributed by atoms with Crippen LogP contribution in [0.3, 0.4) is 0 Å². The number of hydrogen-bond acceptors (Lipinski definition) is 5. The molecule has 0 bridgehead atoms. The topological polar surface area (TPSA) is 136 Å². The second-order valence-electron chi connectivity index (χ2n) is 6.18. The fourth-order valence-electron chi connectivity index (χ4n) is 2.36. The Morgan fingerprint density at radius 1 is 1.11 bits per heavy atom. The van der Waals surface area contributed by atoms with Gasteiger partial charge in [-0.1, -0.05) is 38.5 Å². The highest BCUT2D eigenvalue weighted by atomic mass is 16.5. The molecule has 2 aromatic rings. The van der Waals surface area contributed by atoms with E-state index in [1.165, 1.54) is 6.07 Å². The first-order chi connectivity index (χ1) is 13.4. The lowest BCUT2D eigenvalue weighted by Crippen LogP contribution is -2.55. The summed E-state index contributed by atoms with van der Waals surface area (Å²) < 4.78 is 11.0. The van der Waals surface area contributed by atoms with Crippen LogP contribution in [-0.4, -0.2) is 23.9 Å². The average Bonchev–Trinajstić information content (AvgIpc) is 3.17. The number of furan rings is 1. The number of hydrogen-bond donors (Lipinski definition) is 4. The molecule has 2 atom stereocenters. The van der Waals surface area contributed by atoms with Gasteiger partial charge in [0.25, 0.3) is 5.91 Å². The SMILES string of the molecule is CC[C@H](C)[C@H](NC(N)=O)C(=O)NNC(=O)c1ccc(COc2ccccc2)o1. The number of primary amides is 1. The van der Waals surface area contributed by atoms with E-state index in [9.17, 15) is 14.4 Å². The minimum atomic E-state index is -0.866. The van der Waals surface area contributed by atoms with E-state index in [-0.39, 0.29) is 18.3 Å². The molecular formula is C19H24N4O5. The van der Waals surface area contributed by atoms with Crippen molar-refractivity contribution >= 4 is 17.8 Å². The van der Waals surface area contributed by atoms with E-state index in [0.29, 0.717) is 17.9 Å². The summed E-state index contributed by atoms with van der Waals surface area (Å²) in [4.78, 5) is 35.5. The Hall–Kier alpha value is -3.49. The third kappa shape index (κ3) is 6.04. The normalized spacial score (nSPS) is 12.5. The maximum absolute atomic E-state index is 12.2. The van der Waals surface area contributed by atoms with E-state index in [1.807, 2.05) is 25.1 Å². The van der Waals surface area contributed by atoms with E-state index in [0.717, 1.165) is 0 Å². The van der Waals surface area contributed by atoms with Crippen LogP contribution in [0.2, 0.25) is 0 Å². The number of para-hydroxylation sites is 1. The number of benzene rings is 1. The largest absolute Gasteiger partial charge is 0.486 e. The molecule has 150 valence electrons.